The molecule has 1 aliphatic heterocycles. The van der Waals surface area contributed by atoms with Gasteiger partial charge in [-0.1, -0.05) is 12.2 Å². The zero-order valence-electron chi connectivity index (χ0n) is 11.0. The Morgan fingerprint density at radius 1 is 1.21 bits per heavy atom. The molecule has 2 rings (SSSR count). The van der Waals surface area contributed by atoms with Crippen molar-refractivity contribution in [3.05, 3.63) is 12.2 Å². The fourth-order valence-electron chi connectivity index (χ4n) is 2.69. The quantitative estimate of drug-likeness (QED) is 0.674. The molecule has 3 N–H and O–H groups in total. The average molecular weight is 267 g/mol. The van der Waals surface area contributed by atoms with Gasteiger partial charge in [0.25, 0.3) is 0 Å². The van der Waals surface area contributed by atoms with Crippen molar-refractivity contribution in [1.29, 1.82) is 0 Å². The van der Waals surface area contributed by atoms with E-state index in [1.807, 2.05) is 22.0 Å². The van der Waals surface area contributed by atoms with Crippen LogP contribution < -0.4 is 5.73 Å². The largest absolute Gasteiger partial charge is 0.480 e. The van der Waals surface area contributed by atoms with Crippen LogP contribution in [0.15, 0.2) is 12.2 Å². The molecule has 2 unspecified atom stereocenters. The Balaban J connectivity index is 1.87. The monoisotopic (exact) mass is 267 g/mol. The van der Waals surface area contributed by atoms with Crippen molar-refractivity contribution >= 4 is 11.9 Å². The van der Waals surface area contributed by atoms with Gasteiger partial charge in [-0.05, 0) is 12.8 Å². The molecule has 106 valence electrons. The first-order valence-electron chi connectivity index (χ1n) is 6.73. The number of carbonyl (C=O) groups is 2. The second-order valence-electron chi connectivity index (χ2n) is 5.24. The lowest BCUT2D eigenvalue weighted by molar-refractivity contribution is -0.138. The molecule has 0 aromatic heterocycles. The van der Waals surface area contributed by atoms with Crippen LogP contribution in [0.3, 0.4) is 0 Å². The average Bonchev–Trinajstić information content (AvgIpc) is 2.65. The zero-order valence-corrected chi connectivity index (χ0v) is 11.0. The molecule has 1 fully saturated rings. The summed E-state index contributed by atoms with van der Waals surface area (Å²) in [5, 5.41) is 8.79. The molecule has 0 spiro atoms. The lowest BCUT2D eigenvalue weighted by Gasteiger charge is -2.24. The van der Waals surface area contributed by atoms with E-state index in [0.29, 0.717) is 26.1 Å². The fourth-order valence-corrected chi connectivity index (χ4v) is 2.69. The van der Waals surface area contributed by atoms with Crippen molar-refractivity contribution in [1.82, 2.24) is 9.80 Å². The van der Waals surface area contributed by atoms with Crippen molar-refractivity contribution in [2.45, 2.75) is 18.9 Å². The maximum Gasteiger partial charge on any atom is 0.317 e. The first-order chi connectivity index (χ1) is 9.06. The molecule has 0 radical (unpaired) electrons. The molecular weight excluding hydrogens is 246 g/mol. The zero-order chi connectivity index (χ0) is 13.8. The summed E-state index contributed by atoms with van der Waals surface area (Å²) in [6.07, 6.45) is 5.29. The topological polar surface area (TPSA) is 86.9 Å². The third-order valence-electron chi connectivity index (χ3n) is 3.69. The van der Waals surface area contributed by atoms with Gasteiger partial charge < -0.3 is 15.7 Å². The minimum atomic E-state index is -0.815. The molecule has 1 saturated heterocycles. The summed E-state index contributed by atoms with van der Waals surface area (Å²) in [5.41, 5.74) is 5.77. The summed E-state index contributed by atoms with van der Waals surface area (Å²) < 4.78 is 0. The number of hydrogen-bond donors (Lipinski definition) is 2. The number of aliphatic carboxylic acids is 1. The summed E-state index contributed by atoms with van der Waals surface area (Å²) in [7, 11) is 0. The molecule has 0 bridgehead atoms. The number of amides is 1. The molecule has 2 atom stereocenters. The number of carboxylic acids is 1. The van der Waals surface area contributed by atoms with Crippen LogP contribution in [-0.2, 0) is 9.59 Å². The van der Waals surface area contributed by atoms with Crippen molar-refractivity contribution in [2.24, 2.45) is 11.7 Å². The summed E-state index contributed by atoms with van der Waals surface area (Å²) in [4.78, 5) is 26.7. The highest BCUT2D eigenvalue weighted by molar-refractivity contribution is 5.81. The standard InChI is InChI=1S/C13H21N3O3/c14-11-3-2-10(8-11)13(19)16-5-1-4-15(6-7-16)9-12(17)18/h2-3,10-11H,1,4-9,14H2,(H,17,18). The number of nitrogens with two attached hydrogens (primary N) is 1. The Hall–Kier alpha value is -1.40. The summed E-state index contributed by atoms with van der Waals surface area (Å²) in [6.45, 7) is 2.72. The van der Waals surface area contributed by atoms with Crippen LogP contribution in [0.25, 0.3) is 0 Å². The molecular formula is C13H21N3O3. The molecule has 1 aliphatic carbocycles. The van der Waals surface area contributed by atoms with Gasteiger partial charge in [0.2, 0.25) is 5.91 Å². The maximum absolute atomic E-state index is 12.3. The van der Waals surface area contributed by atoms with Gasteiger partial charge in [0.15, 0.2) is 0 Å². The van der Waals surface area contributed by atoms with Gasteiger partial charge in [0.1, 0.15) is 0 Å². The van der Waals surface area contributed by atoms with Crippen LogP contribution in [-0.4, -0.2) is 65.5 Å². The van der Waals surface area contributed by atoms with Gasteiger partial charge in [-0.2, -0.15) is 0 Å². The van der Waals surface area contributed by atoms with Crippen molar-refractivity contribution < 1.29 is 14.7 Å². The molecule has 0 aromatic rings. The number of carboxylic acid groups (broad SMARTS) is 1. The smallest absolute Gasteiger partial charge is 0.317 e. The van der Waals surface area contributed by atoms with E-state index in [4.69, 9.17) is 10.8 Å². The highest BCUT2D eigenvalue weighted by Gasteiger charge is 2.28. The SMILES string of the molecule is NC1C=CC(C(=O)N2CCCN(CC(=O)O)CC2)C1. The predicted octanol–water partition coefficient (Wildman–Crippen LogP) is -0.491. The van der Waals surface area contributed by atoms with E-state index < -0.39 is 5.97 Å². The fraction of sp³-hybridized carbons (Fsp3) is 0.692. The highest BCUT2D eigenvalue weighted by Crippen LogP contribution is 2.19. The predicted molar refractivity (Wildman–Crippen MR) is 70.5 cm³/mol. The maximum atomic E-state index is 12.3. The molecule has 0 saturated carbocycles. The highest BCUT2D eigenvalue weighted by atomic mass is 16.4. The lowest BCUT2D eigenvalue weighted by Crippen LogP contribution is -2.39. The third-order valence-corrected chi connectivity index (χ3v) is 3.69. The van der Waals surface area contributed by atoms with Crippen LogP contribution in [0.5, 0.6) is 0 Å². The van der Waals surface area contributed by atoms with E-state index in [0.717, 1.165) is 13.0 Å². The second-order valence-corrected chi connectivity index (χ2v) is 5.24. The minimum Gasteiger partial charge on any atom is -0.480 e. The van der Waals surface area contributed by atoms with E-state index in [2.05, 4.69) is 0 Å². The van der Waals surface area contributed by atoms with E-state index in [9.17, 15) is 9.59 Å². The summed E-state index contributed by atoms with van der Waals surface area (Å²) in [6, 6.07) is -0.00978. The summed E-state index contributed by atoms with van der Waals surface area (Å²) >= 11 is 0. The number of hydrogen-bond acceptors (Lipinski definition) is 4. The first-order valence-corrected chi connectivity index (χ1v) is 6.73. The van der Waals surface area contributed by atoms with E-state index >= 15 is 0 Å². The van der Waals surface area contributed by atoms with Gasteiger partial charge in [-0.15, -0.1) is 0 Å². The van der Waals surface area contributed by atoms with Gasteiger partial charge in [-0.25, -0.2) is 0 Å². The molecule has 1 amide bonds. The Labute approximate surface area is 112 Å². The molecule has 6 heteroatoms. The normalized spacial score (nSPS) is 28.4. The van der Waals surface area contributed by atoms with Gasteiger partial charge in [0, 0.05) is 32.2 Å². The van der Waals surface area contributed by atoms with E-state index in [-0.39, 0.29) is 24.4 Å². The van der Waals surface area contributed by atoms with Crippen LogP contribution in [0.4, 0.5) is 0 Å². The molecule has 1 heterocycles. The Kier molecular flexibility index (Phi) is 4.55. The minimum absolute atomic E-state index is 0.00978. The van der Waals surface area contributed by atoms with Crippen LogP contribution in [0, 0.1) is 5.92 Å². The molecule has 0 aromatic carbocycles. The summed E-state index contributed by atoms with van der Waals surface area (Å²) in [5.74, 6) is -0.785. The Morgan fingerprint density at radius 3 is 2.63 bits per heavy atom. The number of nitrogens with zero attached hydrogens (tertiary/aromatic N) is 2. The van der Waals surface area contributed by atoms with Crippen molar-refractivity contribution in [2.75, 3.05) is 32.7 Å². The van der Waals surface area contributed by atoms with E-state index in [1.165, 1.54) is 0 Å². The Morgan fingerprint density at radius 2 is 2.00 bits per heavy atom. The van der Waals surface area contributed by atoms with Crippen molar-refractivity contribution in [3.8, 4) is 0 Å². The number of rotatable bonds is 3. The lowest BCUT2D eigenvalue weighted by atomic mass is 10.1. The second kappa shape index (κ2) is 6.16. The molecule has 2 aliphatic rings. The van der Waals surface area contributed by atoms with Crippen LogP contribution >= 0.6 is 0 Å². The Bertz CT molecular complexity index is 383. The van der Waals surface area contributed by atoms with E-state index in [1.54, 1.807) is 0 Å². The first kappa shape index (κ1) is 14.0. The molecule has 6 nitrogen and oxygen atoms in total. The third kappa shape index (κ3) is 3.78. The van der Waals surface area contributed by atoms with Crippen molar-refractivity contribution in [3.63, 3.8) is 0 Å². The van der Waals surface area contributed by atoms with Crippen LogP contribution in [0.1, 0.15) is 12.8 Å². The van der Waals surface area contributed by atoms with Gasteiger partial charge in [-0.3, -0.25) is 14.5 Å². The van der Waals surface area contributed by atoms with Gasteiger partial charge in [0.05, 0.1) is 12.5 Å². The molecule has 19 heavy (non-hydrogen) atoms. The van der Waals surface area contributed by atoms with Gasteiger partial charge >= 0.3 is 5.97 Å². The number of carbonyl (C=O) groups excluding carboxylic acids is 1. The van der Waals surface area contributed by atoms with Crippen LogP contribution in [0.2, 0.25) is 0 Å².